The Labute approximate surface area is 133 Å². The van der Waals surface area contributed by atoms with Crippen LogP contribution in [0.5, 0.6) is 5.75 Å². The highest BCUT2D eigenvalue weighted by Gasteiger charge is 2.18. The Morgan fingerprint density at radius 2 is 2.09 bits per heavy atom. The molecule has 0 aliphatic rings. The standard InChI is InChI=1S/C16H17ClN2O3/c1-10-5-4-8-19(16(10)21)11(2)15(20)18-13-9-12(17)6-7-14(13)22-3/h4-9,11H,1-3H3,(H,18,20). The number of hydrogen-bond acceptors (Lipinski definition) is 3. The zero-order valence-corrected chi connectivity index (χ0v) is 13.3. The molecular weight excluding hydrogens is 304 g/mol. The quantitative estimate of drug-likeness (QED) is 0.942. The van der Waals surface area contributed by atoms with Crippen molar-refractivity contribution in [1.82, 2.24) is 4.57 Å². The summed E-state index contributed by atoms with van der Waals surface area (Å²) in [6, 6.07) is 7.73. The molecule has 0 spiro atoms. The molecule has 1 aromatic heterocycles. The van der Waals surface area contributed by atoms with Gasteiger partial charge in [-0.3, -0.25) is 9.59 Å². The Kier molecular flexibility index (Phi) is 4.88. The van der Waals surface area contributed by atoms with Gasteiger partial charge in [0.2, 0.25) is 5.91 Å². The number of pyridine rings is 1. The van der Waals surface area contributed by atoms with Crippen LogP contribution in [0.4, 0.5) is 5.69 Å². The summed E-state index contributed by atoms with van der Waals surface area (Å²) >= 11 is 5.94. The SMILES string of the molecule is COc1ccc(Cl)cc1NC(=O)C(C)n1cccc(C)c1=O. The summed E-state index contributed by atoms with van der Waals surface area (Å²) in [4.78, 5) is 24.5. The number of hydrogen-bond donors (Lipinski definition) is 1. The summed E-state index contributed by atoms with van der Waals surface area (Å²) in [5.74, 6) is 0.176. The average Bonchev–Trinajstić information content (AvgIpc) is 2.49. The van der Waals surface area contributed by atoms with Gasteiger partial charge in [0.25, 0.3) is 5.56 Å². The molecule has 0 radical (unpaired) electrons. The monoisotopic (exact) mass is 320 g/mol. The highest BCUT2D eigenvalue weighted by molar-refractivity contribution is 6.31. The molecule has 1 heterocycles. The highest BCUT2D eigenvalue weighted by atomic mass is 35.5. The predicted molar refractivity (Wildman–Crippen MR) is 86.8 cm³/mol. The van der Waals surface area contributed by atoms with E-state index in [0.717, 1.165) is 0 Å². The molecule has 5 nitrogen and oxygen atoms in total. The molecule has 22 heavy (non-hydrogen) atoms. The fourth-order valence-corrected chi connectivity index (χ4v) is 2.24. The molecule has 2 rings (SSSR count). The van der Waals surface area contributed by atoms with Crippen LogP contribution in [0.15, 0.2) is 41.3 Å². The first kappa shape index (κ1) is 16.1. The Bertz CT molecular complexity index is 755. The van der Waals surface area contributed by atoms with Gasteiger partial charge in [-0.1, -0.05) is 17.7 Å². The largest absolute Gasteiger partial charge is 0.495 e. The first-order valence-corrected chi connectivity index (χ1v) is 7.14. The first-order chi connectivity index (χ1) is 10.4. The van der Waals surface area contributed by atoms with Gasteiger partial charge in [0, 0.05) is 16.8 Å². The molecule has 2 aromatic rings. The van der Waals surface area contributed by atoms with Crippen molar-refractivity contribution in [1.29, 1.82) is 0 Å². The third-order valence-corrected chi connectivity index (χ3v) is 3.62. The molecule has 1 aromatic carbocycles. The molecule has 0 saturated carbocycles. The van der Waals surface area contributed by atoms with Crippen LogP contribution >= 0.6 is 11.6 Å². The number of anilines is 1. The van der Waals surface area contributed by atoms with Crippen LogP contribution in [0.2, 0.25) is 5.02 Å². The van der Waals surface area contributed by atoms with Crippen LogP contribution in [-0.4, -0.2) is 17.6 Å². The molecule has 1 amide bonds. The van der Waals surface area contributed by atoms with Crippen LogP contribution in [0.3, 0.4) is 0 Å². The first-order valence-electron chi connectivity index (χ1n) is 6.76. The van der Waals surface area contributed by atoms with E-state index >= 15 is 0 Å². The summed E-state index contributed by atoms with van der Waals surface area (Å²) < 4.78 is 6.58. The minimum Gasteiger partial charge on any atom is -0.495 e. The van der Waals surface area contributed by atoms with Crippen molar-refractivity contribution in [2.75, 3.05) is 12.4 Å². The third-order valence-electron chi connectivity index (χ3n) is 3.38. The second-order valence-electron chi connectivity index (χ2n) is 4.91. The number of amides is 1. The van der Waals surface area contributed by atoms with Crippen LogP contribution in [0.1, 0.15) is 18.5 Å². The van der Waals surface area contributed by atoms with E-state index in [-0.39, 0.29) is 11.5 Å². The summed E-state index contributed by atoms with van der Waals surface area (Å²) in [6.45, 7) is 3.37. The normalized spacial score (nSPS) is 11.8. The van der Waals surface area contributed by atoms with Gasteiger partial charge in [0.15, 0.2) is 0 Å². The number of carbonyl (C=O) groups excluding carboxylic acids is 1. The van der Waals surface area contributed by atoms with E-state index in [1.165, 1.54) is 11.7 Å². The topological polar surface area (TPSA) is 60.3 Å². The van der Waals surface area contributed by atoms with Gasteiger partial charge in [-0.15, -0.1) is 0 Å². The molecule has 0 bridgehead atoms. The van der Waals surface area contributed by atoms with Gasteiger partial charge in [-0.05, 0) is 38.1 Å². The summed E-state index contributed by atoms with van der Waals surface area (Å²) in [6.07, 6.45) is 1.59. The van der Waals surface area contributed by atoms with Crippen molar-refractivity contribution in [3.63, 3.8) is 0 Å². The zero-order valence-electron chi connectivity index (χ0n) is 12.6. The van der Waals surface area contributed by atoms with E-state index in [1.54, 1.807) is 50.4 Å². The number of rotatable bonds is 4. The Morgan fingerprint density at radius 1 is 1.36 bits per heavy atom. The van der Waals surface area contributed by atoms with Crippen LogP contribution in [0.25, 0.3) is 0 Å². The second kappa shape index (κ2) is 6.66. The number of nitrogens with one attached hydrogen (secondary N) is 1. The van der Waals surface area contributed by atoms with Gasteiger partial charge in [-0.2, -0.15) is 0 Å². The smallest absolute Gasteiger partial charge is 0.254 e. The fraction of sp³-hybridized carbons (Fsp3) is 0.250. The Hall–Kier alpha value is -2.27. The summed E-state index contributed by atoms with van der Waals surface area (Å²) in [5, 5.41) is 3.22. The van der Waals surface area contributed by atoms with Crippen molar-refractivity contribution in [2.45, 2.75) is 19.9 Å². The molecule has 0 fully saturated rings. The van der Waals surface area contributed by atoms with Gasteiger partial charge in [0.05, 0.1) is 12.8 Å². The summed E-state index contributed by atoms with van der Waals surface area (Å²) in [7, 11) is 1.51. The maximum Gasteiger partial charge on any atom is 0.254 e. The maximum absolute atomic E-state index is 12.4. The lowest BCUT2D eigenvalue weighted by atomic mass is 10.2. The predicted octanol–water partition coefficient (Wildman–Crippen LogP) is 3.02. The van der Waals surface area contributed by atoms with E-state index in [1.807, 2.05) is 0 Å². The molecule has 116 valence electrons. The van der Waals surface area contributed by atoms with Gasteiger partial charge in [0.1, 0.15) is 11.8 Å². The minimum absolute atomic E-state index is 0.191. The van der Waals surface area contributed by atoms with Gasteiger partial charge >= 0.3 is 0 Å². The number of aromatic nitrogens is 1. The lowest BCUT2D eigenvalue weighted by Gasteiger charge is -2.17. The average molecular weight is 321 g/mol. The van der Waals surface area contributed by atoms with Crippen LogP contribution < -0.4 is 15.6 Å². The molecule has 1 atom stereocenters. The van der Waals surface area contributed by atoms with Crippen molar-refractivity contribution in [3.8, 4) is 5.75 Å². The Balaban J connectivity index is 2.27. The number of halogens is 1. The molecular formula is C16H17ClN2O3. The van der Waals surface area contributed by atoms with Crippen molar-refractivity contribution in [2.24, 2.45) is 0 Å². The molecule has 0 aliphatic heterocycles. The maximum atomic E-state index is 12.4. The van der Waals surface area contributed by atoms with Crippen molar-refractivity contribution < 1.29 is 9.53 Å². The molecule has 0 saturated heterocycles. The number of methoxy groups -OCH3 is 1. The number of ether oxygens (including phenoxy) is 1. The number of aryl methyl sites for hydroxylation is 1. The van der Waals surface area contributed by atoms with E-state index in [4.69, 9.17) is 16.3 Å². The van der Waals surface area contributed by atoms with Gasteiger partial charge in [-0.25, -0.2) is 0 Å². The third kappa shape index (κ3) is 3.31. The molecule has 6 heteroatoms. The second-order valence-corrected chi connectivity index (χ2v) is 5.35. The number of benzene rings is 1. The number of nitrogens with zero attached hydrogens (tertiary/aromatic N) is 1. The van der Waals surface area contributed by atoms with E-state index < -0.39 is 6.04 Å². The van der Waals surface area contributed by atoms with E-state index in [2.05, 4.69) is 5.32 Å². The molecule has 1 N–H and O–H groups in total. The van der Waals surface area contributed by atoms with E-state index in [9.17, 15) is 9.59 Å². The number of carbonyl (C=O) groups is 1. The molecule has 1 unspecified atom stereocenters. The zero-order chi connectivity index (χ0) is 16.3. The van der Waals surface area contributed by atoms with Crippen LogP contribution in [-0.2, 0) is 4.79 Å². The minimum atomic E-state index is -0.656. The molecule has 0 aliphatic carbocycles. The van der Waals surface area contributed by atoms with Crippen LogP contribution in [0, 0.1) is 6.92 Å². The lowest BCUT2D eigenvalue weighted by molar-refractivity contribution is -0.118. The van der Waals surface area contributed by atoms with E-state index in [0.29, 0.717) is 22.0 Å². The van der Waals surface area contributed by atoms with Crippen molar-refractivity contribution >= 4 is 23.2 Å². The summed E-state index contributed by atoms with van der Waals surface area (Å²) in [5.41, 5.74) is 0.859. The Morgan fingerprint density at radius 3 is 2.77 bits per heavy atom. The lowest BCUT2D eigenvalue weighted by Crippen LogP contribution is -2.32. The van der Waals surface area contributed by atoms with Gasteiger partial charge < -0.3 is 14.6 Å². The fourth-order valence-electron chi connectivity index (χ4n) is 2.07. The van der Waals surface area contributed by atoms with Crippen molar-refractivity contribution in [3.05, 3.63) is 57.5 Å². The highest BCUT2D eigenvalue weighted by Crippen LogP contribution is 2.28.